The molecular weight excluding hydrogens is 410 g/mol. The third-order valence-electron chi connectivity index (χ3n) is 4.41. The van der Waals surface area contributed by atoms with E-state index < -0.39 is 0 Å². The third-order valence-corrected chi connectivity index (χ3v) is 5.23. The van der Waals surface area contributed by atoms with Gasteiger partial charge in [-0.1, -0.05) is 72.4 Å². The summed E-state index contributed by atoms with van der Waals surface area (Å²) in [6, 6.07) is 25.4. The van der Waals surface area contributed by atoms with E-state index in [4.69, 9.17) is 9.15 Å². The molecule has 0 bridgehead atoms. The number of hydrogen-bond donors (Lipinski definition) is 1. The third kappa shape index (κ3) is 5.73. The summed E-state index contributed by atoms with van der Waals surface area (Å²) >= 11 is 1.19. The van der Waals surface area contributed by atoms with Crippen molar-refractivity contribution in [3.63, 3.8) is 0 Å². The Morgan fingerprint density at radius 3 is 2.65 bits per heavy atom. The quantitative estimate of drug-likeness (QED) is 0.379. The highest BCUT2D eigenvalue weighted by Gasteiger charge is 2.12. The standard InChI is InChI=1S/C24H21N3O3S/c1-17-8-7-11-19(14-17)29-15-23-26-27-24(30-23)31-16-22(28)25-21-13-6-5-12-20(21)18-9-3-2-4-10-18/h2-14H,15-16H2,1H3,(H,25,28). The fourth-order valence-electron chi connectivity index (χ4n) is 2.98. The molecule has 0 aliphatic rings. The van der Waals surface area contributed by atoms with Gasteiger partial charge in [-0.15, -0.1) is 10.2 Å². The van der Waals surface area contributed by atoms with Crippen LogP contribution in [0.3, 0.4) is 0 Å². The maximum absolute atomic E-state index is 12.5. The fourth-order valence-corrected chi connectivity index (χ4v) is 3.56. The molecule has 0 atom stereocenters. The second-order valence-corrected chi connectivity index (χ2v) is 7.74. The first-order valence-corrected chi connectivity index (χ1v) is 10.7. The summed E-state index contributed by atoms with van der Waals surface area (Å²) in [6.45, 7) is 2.17. The minimum absolute atomic E-state index is 0.149. The van der Waals surface area contributed by atoms with Crippen LogP contribution in [0.4, 0.5) is 5.69 Å². The molecule has 4 aromatic rings. The van der Waals surface area contributed by atoms with E-state index in [-0.39, 0.29) is 18.3 Å². The molecule has 6 nitrogen and oxygen atoms in total. The van der Waals surface area contributed by atoms with Crippen LogP contribution in [0.2, 0.25) is 0 Å². The van der Waals surface area contributed by atoms with Crippen LogP contribution >= 0.6 is 11.8 Å². The number of aryl methyl sites for hydroxylation is 1. The van der Waals surface area contributed by atoms with E-state index in [1.165, 1.54) is 11.8 Å². The summed E-state index contributed by atoms with van der Waals surface area (Å²) in [6.07, 6.45) is 0. The minimum atomic E-state index is -0.149. The Balaban J connectivity index is 1.31. The van der Waals surface area contributed by atoms with Crippen LogP contribution in [-0.2, 0) is 11.4 Å². The molecular formula is C24H21N3O3S. The molecule has 1 heterocycles. The predicted molar refractivity (Wildman–Crippen MR) is 121 cm³/mol. The zero-order valence-electron chi connectivity index (χ0n) is 16.9. The number of aromatic nitrogens is 2. The van der Waals surface area contributed by atoms with E-state index in [1.54, 1.807) is 0 Å². The van der Waals surface area contributed by atoms with Crippen molar-refractivity contribution in [2.75, 3.05) is 11.1 Å². The van der Waals surface area contributed by atoms with Crippen molar-refractivity contribution in [2.45, 2.75) is 18.8 Å². The normalized spacial score (nSPS) is 10.6. The predicted octanol–water partition coefficient (Wildman–Crippen LogP) is 5.35. The summed E-state index contributed by atoms with van der Waals surface area (Å²) in [7, 11) is 0. The van der Waals surface area contributed by atoms with Gasteiger partial charge < -0.3 is 14.5 Å². The van der Waals surface area contributed by atoms with Crippen LogP contribution in [0, 0.1) is 6.92 Å². The van der Waals surface area contributed by atoms with Gasteiger partial charge in [0.2, 0.25) is 5.91 Å². The lowest BCUT2D eigenvalue weighted by molar-refractivity contribution is -0.113. The molecule has 4 rings (SSSR count). The van der Waals surface area contributed by atoms with Crippen LogP contribution in [0.5, 0.6) is 5.75 Å². The number of carbonyl (C=O) groups excluding carboxylic acids is 1. The van der Waals surface area contributed by atoms with Crippen LogP contribution < -0.4 is 10.1 Å². The van der Waals surface area contributed by atoms with Gasteiger partial charge in [0.05, 0.1) is 5.75 Å². The molecule has 0 aliphatic heterocycles. The Hall–Kier alpha value is -3.58. The molecule has 31 heavy (non-hydrogen) atoms. The van der Waals surface area contributed by atoms with Crippen molar-refractivity contribution >= 4 is 23.4 Å². The zero-order chi connectivity index (χ0) is 21.5. The van der Waals surface area contributed by atoms with Crippen LogP contribution in [0.25, 0.3) is 11.1 Å². The van der Waals surface area contributed by atoms with Gasteiger partial charge in [-0.2, -0.15) is 0 Å². The van der Waals surface area contributed by atoms with Crippen molar-refractivity contribution in [2.24, 2.45) is 0 Å². The van der Waals surface area contributed by atoms with E-state index in [9.17, 15) is 4.79 Å². The number of benzene rings is 3. The lowest BCUT2D eigenvalue weighted by Gasteiger charge is -2.10. The summed E-state index contributed by atoms with van der Waals surface area (Å²) in [5.41, 5.74) is 3.88. The van der Waals surface area contributed by atoms with E-state index >= 15 is 0 Å². The second kappa shape index (κ2) is 9.95. The molecule has 1 aromatic heterocycles. The molecule has 0 saturated carbocycles. The molecule has 3 aromatic carbocycles. The van der Waals surface area contributed by atoms with Gasteiger partial charge in [-0.05, 0) is 36.2 Å². The minimum Gasteiger partial charge on any atom is -0.484 e. The molecule has 1 N–H and O–H groups in total. The number of ether oxygens (including phenoxy) is 1. The number of hydrogen-bond acceptors (Lipinski definition) is 6. The molecule has 0 radical (unpaired) electrons. The first kappa shape index (κ1) is 20.7. The smallest absolute Gasteiger partial charge is 0.277 e. The van der Waals surface area contributed by atoms with E-state index in [0.717, 1.165) is 28.1 Å². The van der Waals surface area contributed by atoms with Crippen molar-refractivity contribution in [3.05, 3.63) is 90.3 Å². The molecule has 0 saturated heterocycles. The van der Waals surface area contributed by atoms with Gasteiger partial charge in [-0.3, -0.25) is 4.79 Å². The van der Waals surface area contributed by atoms with Gasteiger partial charge >= 0.3 is 0 Å². The monoisotopic (exact) mass is 431 g/mol. The number of amides is 1. The first-order valence-electron chi connectivity index (χ1n) is 9.76. The van der Waals surface area contributed by atoms with E-state index in [0.29, 0.717) is 11.1 Å². The van der Waals surface area contributed by atoms with Crippen LogP contribution in [-0.4, -0.2) is 21.9 Å². The number of para-hydroxylation sites is 1. The van der Waals surface area contributed by atoms with Crippen molar-refractivity contribution < 1.29 is 13.9 Å². The average Bonchev–Trinajstić information content (AvgIpc) is 3.25. The van der Waals surface area contributed by atoms with E-state index in [2.05, 4.69) is 15.5 Å². The van der Waals surface area contributed by atoms with E-state index in [1.807, 2.05) is 85.8 Å². The Bertz CT molecular complexity index is 1160. The number of nitrogens with zero attached hydrogens (tertiary/aromatic N) is 2. The maximum Gasteiger partial charge on any atom is 0.277 e. The number of nitrogens with one attached hydrogen (secondary N) is 1. The van der Waals surface area contributed by atoms with Gasteiger partial charge in [0.1, 0.15) is 5.75 Å². The number of anilines is 1. The summed E-state index contributed by atoms with van der Waals surface area (Å²) in [4.78, 5) is 12.5. The van der Waals surface area contributed by atoms with Crippen molar-refractivity contribution in [3.8, 4) is 16.9 Å². The summed E-state index contributed by atoms with van der Waals surface area (Å²) in [5.74, 6) is 1.11. The maximum atomic E-state index is 12.5. The van der Waals surface area contributed by atoms with Gasteiger partial charge in [-0.25, -0.2) is 0 Å². The van der Waals surface area contributed by atoms with Crippen molar-refractivity contribution in [1.82, 2.24) is 10.2 Å². The Morgan fingerprint density at radius 2 is 1.81 bits per heavy atom. The van der Waals surface area contributed by atoms with Crippen molar-refractivity contribution in [1.29, 1.82) is 0 Å². The SMILES string of the molecule is Cc1cccc(OCc2nnc(SCC(=O)Nc3ccccc3-c3ccccc3)o2)c1. The highest BCUT2D eigenvalue weighted by molar-refractivity contribution is 7.99. The zero-order valence-corrected chi connectivity index (χ0v) is 17.8. The second-order valence-electron chi connectivity index (χ2n) is 6.82. The molecule has 7 heteroatoms. The lowest BCUT2D eigenvalue weighted by Crippen LogP contribution is -2.14. The molecule has 0 unspecified atom stereocenters. The molecule has 0 aliphatic carbocycles. The topological polar surface area (TPSA) is 77.2 Å². The average molecular weight is 432 g/mol. The summed E-state index contributed by atoms with van der Waals surface area (Å²) in [5, 5.41) is 11.2. The fraction of sp³-hybridized carbons (Fsp3) is 0.125. The first-order chi connectivity index (χ1) is 15.2. The largest absolute Gasteiger partial charge is 0.484 e. The lowest BCUT2D eigenvalue weighted by atomic mass is 10.0. The molecule has 1 amide bonds. The Labute approximate surface area is 184 Å². The Morgan fingerprint density at radius 1 is 1.00 bits per heavy atom. The number of carbonyl (C=O) groups is 1. The number of rotatable bonds is 8. The van der Waals surface area contributed by atoms with Gasteiger partial charge in [0.15, 0.2) is 6.61 Å². The van der Waals surface area contributed by atoms with Crippen LogP contribution in [0.15, 0.2) is 88.5 Å². The molecule has 0 fully saturated rings. The van der Waals surface area contributed by atoms with Crippen LogP contribution in [0.1, 0.15) is 11.5 Å². The number of thioether (sulfide) groups is 1. The molecule has 0 spiro atoms. The molecule has 156 valence electrons. The summed E-state index contributed by atoms with van der Waals surface area (Å²) < 4.78 is 11.2. The Kier molecular flexibility index (Phi) is 6.64. The van der Waals surface area contributed by atoms with Gasteiger partial charge in [0, 0.05) is 11.3 Å². The highest BCUT2D eigenvalue weighted by atomic mass is 32.2. The highest BCUT2D eigenvalue weighted by Crippen LogP contribution is 2.28. The van der Waals surface area contributed by atoms with Gasteiger partial charge in [0.25, 0.3) is 11.1 Å².